The van der Waals surface area contributed by atoms with Gasteiger partial charge in [-0.05, 0) is 43.4 Å². The predicted molar refractivity (Wildman–Crippen MR) is 168 cm³/mol. The summed E-state index contributed by atoms with van der Waals surface area (Å²) in [4.78, 5) is 13.4. The van der Waals surface area contributed by atoms with E-state index in [1.807, 2.05) is 11.0 Å². The highest BCUT2D eigenvalue weighted by atomic mass is 35.5. The smallest absolute Gasteiger partial charge is 0.319 e. The van der Waals surface area contributed by atoms with Gasteiger partial charge in [0.15, 0.2) is 11.6 Å². The fraction of sp³-hybridized carbons (Fsp3) is 0.438. The summed E-state index contributed by atoms with van der Waals surface area (Å²) in [6, 6.07) is 6.80. The number of alkyl halides is 1. The quantitative estimate of drug-likeness (QED) is 0.256. The molecule has 2 N–H and O–H groups in total. The van der Waals surface area contributed by atoms with Gasteiger partial charge in [0.25, 0.3) is 0 Å². The average Bonchev–Trinajstić information content (AvgIpc) is 3.46. The number of halogens is 4. The molecular formula is C32H27ClF3N7O2S. The number of rotatable bonds is 6. The molecule has 2 aromatic carbocycles. The molecule has 1 aliphatic carbocycles. The SMILES string of the molecule is N#Cc1c(N)sc2c(F)ccc(-c3c(Cl)c4c5c(nc(OC[C@@]67CCCN6C[C@H](F)C7)nc5c3F)N(CC3CC3C#N)CCO4)c12. The number of nitrogen functional groups attached to an aromatic ring is 1. The Labute approximate surface area is 270 Å². The van der Waals surface area contributed by atoms with Gasteiger partial charge in [0, 0.05) is 30.5 Å². The third kappa shape index (κ3) is 4.43. The Morgan fingerprint density at radius 2 is 2.07 bits per heavy atom. The van der Waals surface area contributed by atoms with E-state index in [0.29, 0.717) is 31.9 Å². The first-order valence-electron chi connectivity index (χ1n) is 15.2. The highest BCUT2D eigenvalue weighted by Gasteiger charge is 2.49. The van der Waals surface area contributed by atoms with Crippen LogP contribution in [0.3, 0.4) is 0 Å². The third-order valence-corrected chi connectivity index (χ3v) is 11.2. The minimum absolute atomic E-state index is 0.0232. The van der Waals surface area contributed by atoms with Gasteiger partial charge in [-0.25, -0.2) is 13.2 Å². The first kappa shape index (κ1) is 29.4. The zero-order valence-electron chi connectivity index (χ0n) is 24.5. The summed E-state index contributed by atoms with van der Waals surface area (Å²) in [6.07, 6.45) is 1.84. The molecule has 4 aliphatic rings. The van der Waals surface area contributed by atoms with Crippen LogP contribution in [0, 0.1) is 46.1 Å². The fourth-order valence-electron chi connectivity index (χ4n) is 7.49. The Morgan fingerprint density at radius 1 is 1.22 bits per heavy atom. The van der Waals surface area contributed by atoms with E-state index in [0.717, 1.165) is 37.1 Å². The number of nitrogens with zero attached hydrogens (tertiary/aromatic N) is 6. The van der Waals surface area contributed by atoms with Crippen molar-refractivity contribution in [3.8, 4) is 35.0 Å². The molecule has 0 spiro atoms. The van der Waals surface area contributed by atoms with E-state index in [9.17, 15) is 19.3 Å². The number of fused-ring (bicyclic) bond motifs is 2. The van der Waals surface area contributed by atoms with Gasteiger partial charge in [0.1, 0.15) is 47.6 Å². The van der Waals surface area contributed by atoms with E-state index in [1.165, 1.54) is 12.1 Å². The molecule has 46 heavy (non-hydrogen) atoms. The second-order valence-electron chi connectivity index (χ2n) is 12.5. The Balaban J connectivity index is 1.32. The molecule has 5 heterocycles. The Kier molecular flexibility index (Phi) is 6.87. The number of ether oxygens (including phenoxy) is 2. The van der Waals surface area contributed by atoms with E-state index < -0.39 is 23.3 Å². The van der Waals surface area contributed by atoms with Crippen LogP contribution >= 0.6 is 22.9 Å². The summed E-state index contributed by atoms with van der Waals surface area (Å²) in [5.41, 5.74) is 5.54. The molecule has 0 amide bonds. The molecule has 4 aromatic rings. The zero-order valence-corrected chi connectivity index (χ0v) is 26.0. The highest BCUT2D eigenvalue weighted by Crippen LogP contribution is 2.51. The van der Waals surface area contributed by atoms with Crippen molar-refractivity contribution >= 4 is 54.7 Å². The number of hydrogen-bond acceptors (Lipinski definition) is 10. The molecule has 2 aromatic heterocycles. The van der Waals surface area contributed by atoms with Crippen LogP contribution in [0.2, 0.25) is 5.02 Å². The topological polar surface area (TPSA) is 124 Å². The van der Waals surface area contributed by atoms with E-state index in [-0.39, 0.29) is 84.5 Å². The van der Waals surface area contributed by atoms with Gasteiger partial charge in [-0.1, -0.05) is 17.7 Å². The summed E-state index contributed by atoms with van der Waals surface area (Å²) < 4.78 is 58.9. The van der Waals surface area contributed by atoms with Crippen LogP contribution in [0.1, 0.15) is 31.2 Å². The van der Waals surface area contributed by atoms with E-state index in [1.54, 1.807) is 0 Å². The van der Waals surface area contributed by atoms with Gasteiger partial charge in [-0.2, -0.15) is 20.5 Å². The first-order valence-corrected chi connectivity index (χ1v) is 16.4. The lowest BCUT2D eigenvalue weighted by Gasteiger charge is -2.31. The van der Waals surface area contributed by atoms with Crippen molar-refractivity contribution in [3.05, 3.63) is 34.4 Å². The van der Waals surface area contributed by atoms with E-state index in [4.69, 9.17) is 31.8 Å². The number of nitrogens with two attached hydrogens (primary N) is 1. The standard InChI is InChI=1S/C32H27ClF3N7O2S/c33-24-22(18-2-3-20(35)28-21(18)19(11-38)29(39)46-28)25(36)26-23-27(24)44-7-6-42(12-16-8-15(16)10-37)30(23)41-31(40-26)45-14-32-4-1-5-43(32)13-17(34)9-32/h2-3,15-17H,1,4-9,12-14,39H2/t15?,16?,17-,32+/m1/s1. The number of anilines is 2. The number of nitriles is 2. The molecule has 3 aliphatic heterocycles. The molecule has 0 radical (unpaired) electrons. The number of hydrogen-bond donors (Lipinski definition) is 1. The molecule has 0 bridgehead atoms. The highest BCUT2D eigenvalue weighted by molar-refractivity contribution is 7.23. The number of aromatic nitrogens is 2. The van der Waals surface area contributed by atoms with Crippen LogP contribution in [-0.4, -0.2) is 66.0 Å². The van der Waals surface area contributed by atoms with Crippen molar-refractivity contribution < 1.29 is 22.6 Å². The van der Waals surface area contributed by atoms with Crippen LogP contribution in [0.4, 0.5) is 24.0 Å². The maximum absolute atomic E-state index is 17.0. The summed E-state index contributed by atoms with van der Waals surface area (Å²) in [5, 5.41) is 19.7. The van der Waals surface area contributed by atoms with Crippen LogP contribution in [0.25, 0.3) is 32.1 Å². The molecular weight excluding hydrogens is 639 g/mol. The van der Waals surface area contributed by atoms with Gasteiger partial charge >= 0.3 is 6.01 Å². The monoisotopic (exact) mass is 665 g/mol. The summed E-state index contributed by atoms with van der Waals surface area (Å²) in [7, 11) is 0. The maximum atomic E-state index is 17.0. The molecule has 9 nitrogen and oxygen atoms in total. The van der Waals surface area contributed by atoms with Crippen molar-refractivity contribution in [1.29, 1.82) is 10.5 Å². The minimum Gasteiger partial charge on any atom is -0.489 e. The Hall–Kier alpha value is -4.04. The van der Waals surface area contributed by atoms with Crippen LogP contribution in [0.5, 0.6) is 11.8 Å². The Morgan fingerprint density at radius 3 is 2.85 bits per heavy atom. The van der Waals surface area contributed by atoms with Gasteiger partial charge in [0.2, 0.25) is 0 Å². The molecule has 3 fully saturated rings. The van der Waals surface area contributed by atoms with Crippen molar-refractivity contribution in [2.45, 2.75) is 37.4 Å². The van der Waals surface area contributed by atoms with E-state index in [2.05, 4.69) is 16.0 Å². The molecule has 2 saturated heterocycles. The predicted octanol–water partition coefficient (Wildman–Crippen LogP) is 6.21. The summed E-state index contributed by atoms with van der Waals surface area (Å²) in [5.74, 6) is -0.862. The lowest BCUT2D eigenvalue weighted by Crippen LogP contribution is -2.43. The maximum Gasteiger partial charge on any atom is 0.319 e. The van der Waals surface area contributed by atoms with E-state index >= 15 is 4.39 Å². The van der Waals surface area contributed by atoms with Crippen molar-refractivity contribution in [2.24, 2.45) is 11.8 Å². The number of thiophene rings is 1. The van der Waals surface area contributed by atoms with Gasteiger partial charge in [0.05, 0.1) is 44.7 Å². The normalized spacial score (nSPS) is 25.3. The van der Waals surface area contributed by atoms with Gasteiger partial charge < -0.3 is 20.1 Å². The molecule has 8 rings (SSSR count). The molecule has 2 unspecified atom stereocenters. The summed E-state index contributed by atoms with van der Waals surface area (Å²) in [6.45, 7) is 2.33. The summed E-state index contributed by atoms with van der Waals surface area (Å²) >= 11 is 7.86. The molecule has 1 saturated carbocycles. The molecule has 4 atom stereocenters. The lowest BCUT2D eigenvalue weighted by molar-refractivity contribution is 0.107. The zero-order chi connectivity index (χ0) is 31.9. The van der Waals surface area contributed by atoms with Crippen molar-refractivity contribution in [1.82, 2.24) is 14.9 Å². The molecule has 14 heteroatoms. The lowest BCUT2D eigenvalue weighted by atomic mass is 9.95. The Bertz CT molecular complexity index is 2030. The largest absolute Gasteiger partial charge is 0.489 e. The number of benzene rings is 2. The second-order valence-corrected chi connectivity index (χ2v) is 14.0. The van der Waals surface area contributed by atoms with Crippen LogP contribution in [-0.2, 0) is 0 Å². The minimum atomic E-state index is -0.952. The van der Waals surface area contributed by atoms with Gasteiger partial charge in [-0.3, -0.25) is 4.90 Å². The second kappa shape index (κ2) is 10.8. The van der Waals surface area contributed by atoms with Crippen molar-refractivity contribution in [2.75, 3.05) is 50.0 Å². The van der Waals surface area contributed by atoms with Gasteiger partial charge in [-0.15, -0.1) is 11.3 Å². The van der Waals surface area contributed by atoms with Crippen LogP contribution in [0.15, 0.2) is 12.1 Å². The third-order valence-electron chi connectivity index (χ3n) is 9.82. The fourth-order valence-corrected chi connectivity index (χ4v) is 8.77. The van der Waals surface area contributed by atoms with Crippen LogP contribution < -0.4 is 20.1 Å². The van der Waals surface area contributed by atoms with Crippen molar-refractivity contribution in [3.63, 3.8) is 0 Å². The average molecular weight is 666 g/mol. The first-order chi connectivity index (χ1) is 22.2. The molecule has 236 valence electrons.